The number of fused-ring (bicyclic) bond motifs is 4. The van der Waals surface area contributed by atoms with Gasteiger partial charge in [-0.15, -0.1) is 0 Å². The lowest BCUT2D eigenvalue weighted by Crippen LogP contribution is -2.32. The number of benzene rings is 4. The quantitative estimate of drug-likeness (QED) is 0.0957. The van der Waals surface area contributed by atoms with Gasteiger partial charge in [0.2, 0.25) is 0 Å². The molecule has 0 fully saturated rings. The predicted octanol–water partition coefficient (Wildman–Crippen LogP) is 8.65. The molecule has 7 heteroatoms. The number of hydrogen-bond donors (Lipinski definition) is 6. The van der Waals surface area contributed by atoms with Gasteiger partial charge in [0.15, 0.2) is 11.5 Å². The molecule has 0 aromatic heterocycles. The fourth-order valence-electron chi connectivity index (χ4n) is 5.80. The van der Waals surface area contributed by atoms with Crippen LogP contribution in [0.1, 0.15) is 72.9 Å². The molecule has 0 unspecified atom stereocenters. The Hall–Kier alpha value is -5.30. The summed E-state index contributed by atoms with van der Waals surface area (Å²) in [5, 5.41) is 62.4. The minimum absolute atomic E-state index is 0.0423. The fraction of sp³-hybridized carbons (Fsp3) is 0.211. The first-order chi connectivity index (χ1) is 21.4. The number of rotatable bonds is 6. The minimum Gasteiger partial charge on any atom is -0.508 e. The summed E-state index contributed by atoms with van der Waals surface area (Å²) in [5.74, 6) is 0.163. The van der Waals surface area contributed by atoms with Crippen molar-refractivity contribution in [2.24, 2.45) is 5.92 Å². The highest BCUT2D eigenvalue weighted by Crippen LogP contribution is 2.44. The van der Waals surface area contributed by atoms with Crippen molar-refractivity contribution in [2.75, 3.05) is 0 Å². The van der Waals surface area contributed by atoms with Crippen LogP contribution in [0.4, 0.5) is 0 Å². The zero-order valence-electron chi connectivity index (χ0n) is 25.5. The van der Waals surface area contributed by atoms with Gasteiger partial charge >= 0.3 is 0 Å². The predicted molar refractivity (Wildman–Crippen MR) is 178 cm³/mol. The summed E-state index contributed by atoms with van der Waals surface area (Å²) >= 11 is 0. The lowest BCUT2D eigenvalue weighted by atomic mass is 9.80. The SMILES string of the molecule is CC(C)C[C@H]1C[C@](C)(/C=C/c2cc(/C=C/c3cc(O)cc(O)c3)ccc2O)Oc2cc(O)cc(c2)/C=C\c2cc(O)c(O)c1c2. The average molecular weight is 607 g/mol. The third kappa shape index (κ3) is 7.81. The largest absolute Gasteiger partial charge is 0.508 e. The van der Waals surface area contributed by atoms with E-state index in [1.165, 1.54) is 24.3 Å². The molecule has 0 radical (unpaired) electrons. The zero-order chi connectivity index (χ0) is 32.3. The molecule has 5 rings (SSSR count). The third-order valence-electron chi connectivity index (χ3n) is 7.78. The van der Waals surface area contributed by atoms with Crippen LogP contribution in [0, 0.1) is 5.92 Å². The second-order valence-corrected chi connectivity index (χ2v) is 12.3. The maximum absolute atomic E-state index is 11.0. The summed E-state index contributed by atoms with van der Waals surface area (Å²) in [6.07, 6.45) is 11.9. The molecule has 0 aliphatic carbocycles. The standard InChI is InChI=1S/C38H38O7/c1-23(2)12-29-22-38(3,11-10-28-13-24(8-9-35(28)42)4-5-25-14-30(39)20-31(40)15-25)45-33-17-26(16-32(41)21-33)6-7-27-18-34(29)37(44)36(43)19-27/h4-11,13-21,23,29,39-44H,12,22H2,1-3H3/b5-4+,7-6-,11-10+/t29-,38-/m0/s1. The van der Waals surface area contributed by atoms with E-state index < -0.39 is 5.60 Å². The first kappa shape index (κ1) is 31.1. The van der Waals surface area contributed by atoms with Crippen LogP contribution >= 0.6 is 0 Å². The van der Waals surface area contributed by atoms with E-state index in [9.17, 15) is 30.6 Å². The Morgan fingerprint density at radius 2 is 1.40 bits per heavy atom. The van der Waals surface area contributed by atoms with Crippen LogP contribution in [0.15, 0.2) is 72.8 Å². The molecule has 1 aliphatic heterocycles. The average Bonchev–Trinajstić information content (AvgIpc) is 2.95. The molecule has 4 aromatic carbocycles. The van der Waals surface area contributed by atoms with E-state index in [-0.39, 0.29) is 46.3 Å². The molecule has 2 atom stereocenters. The Balaban J connectivity index is 1.56. The Bertz CT molecular complexity index is 1780. The van der Waals surface area contributed by atoms with E-state index in [2.05, 4.69) is 13.8 Å². The lowest BCUT2D eigenvalue weighted by Gasteiger charge is -2.33. The van der Waals surface area contributed by atoms with Gasteiger partial charge in [-0.3, -0.25) is 0 Å². The maximum Gasteiger partial charge on any atom is 0.160 e. The lowest BCUT2D eigenvalue weighted by molar-refractivity contribution is 0.117. The van der Waals surface area contributed by atoms with Crippen molar-refractivity contribution in [3.05, 3.63) is 106 Å². The summed E-state index contributed by atoms with van der Waals surface area (Å²) < 4.78 is 6.60. The van der Waals surface area contributed by atoms with Crippen LogP contribution in [0.3, 0.4) is 0 Å². The zero-order valence-corrected chi connectivity index (χ0v) is 25.5. The van der Waals surface area contributed by atoms with E-state index >= 15 is 0 Å². The Labute approximate surface area is 263 Å². The molecule has 6 N–H and O–H groups in total. The van der Waals surface area contributed by atoms with Crippen LogP contribution in [0.5, 0.6) is 40.2 Å². The topological polar surface area (TPSA) is 131 Å². The first-order valence-corrected chi connectivity index (χ1v) is 14.9. The molecule has 1 heterocycles. The minimum atomic E-state index is -0.983. The highest BCUT2D eigenvalue weighted by molar-refractivity contribution is 5.74. The van der Waals surface area contributed by atoms with Gasteiger partial charge in [-0.05, 0) is 108 Å². The smallest absolute Gasteiger partial charge is 0.160 e. The first-order valence-electron chi connectivity index (χ1n) is 14.9. The maximum atomic E-state index is 11.0. The molecule has 4 bridgehead atoms. The number of ether oxygens (including phenoxy) is 1. The van der Waals surface area contributed by atoms with E-state index in [0.29, 0.717) is 46.4 Å². The number of phenolic OH excluding ortho intramolecular Hbond substituents is 6. The van der Waals surface area contributed by atoms with E-state index in [4.69, 9.17) is 4.74 Å². The Kier molecular flexibility index (Phi) is 8.82. The molecule has 232 valence electrons. The van der Waals surface area contributed by atoms with Crippen LogP contribution in [-0.4, -0.2) is 36.2 Å². The van der Waals surface area contributed by atoms with Gasteiger partial charge < -0.3 is 35.4 Å². The summed E-state index contributed by atoms with van der Waals surface area (Å²) in [6.45, 7) is 6.11. The van der Waals surface area contributed by atoms with E-state index in [1.54, 1.807) is 42.5 Å². The van der Waals surface area contributed by atoms with Crippen molar-refractivity contribution >= 4 is 30.4 Å². The van der Waals surface area contributed by atoms with Gasteiger partial charge in [-0.25, -0.2) is 0 Å². The summed E-state index contributed by atoms with van der Waals surface area (Å²) in [7, 11) is 0. The van der Waals surface area contributed by atoms with Gasteiger partial charge in [0, 0.05) is 23.3 Å². The second kappa shape index (κ2) is 12.7. The van der Waals surface area contributed by atoms with Crippen LogP contribution in [-0.2, 0) is 0 Å². The van der Waals surface area contributed by atoms with E-state index in [0.717, 1.165) is 5.56 Å². The second-order valence-electron chi connectivity index (χ2n) is 12.3. The van der Waals surface area contributed by atoms with Gasteiger partial charge in [-0.2, -0.15) is 0 Å². The molecule has 0 saturated heterocycles. The van der Waals surface area contributed by atoms with Crippen molar-refractivity contribution in [1.82, 2.24) is 0 Å². The molecular weight excluding hydrogens is 568 g/mol. The van der Waals surface area contributed by atoms with Gasteiger partial charge in [0.25, 0.3) is 0 Å². The van der Waals surface area contributed by atoms with Crippen molar-refractivity contribution in [3.8, 4) is 40.2 Å². The number of phenols is 6. The molecule has 0 spiro atoms. The highest BCUT2D eigenvalue weighted by atomic mass is 16.5. The Morgan fingerprint density at radius 1 is 0.733 bits per heavy atom. The summed E-state index contributed by atoms with van der Waals surface area (Å²) in [4.78, 5) is 0. The van der Waals surface area contributed by atoms with Crippen molar-refractivity contribution < 1.29 is 35.4 Å². The summed E-state index contributed by atoms with van der Waals surface area (Å²) in [6, 6.07) is 17.8. The summed E-state index contributed by atoms with van der Waals surface area (Å²) in [5.41, 5.74) is 2.97. The van der Waals surface area contributed by atoms with Crippen LogP contribution < -0.4 is 4.74 Å². The molecule has 0 amide bonds. The molecule has 0 saturated carbocycles. The van der Waals surface area contributed by atoms with Crippen LogP contribution in [0.25, 0.3) is 30.4 Å². The fourth-order valence-corrected chi connectivity index (χ4v) is 5.80. The normalized spacial score (nSPS) is 18.9. The third-order valence-corrected chi connectivity index (χ3v) is 7.78. The molecule has 7 nitrogen and oxygen atoms in total. The molecule has 1 aliphatic rings. The van der Waals surface area contributed by atoms with Crippen molar-refractivity contribution in [1.29, 1.82) is 0 Å². The highest BCUT2D eigenvalue weighted by Gasteiger charge is 2.32. The number of hydrogen-bond acceptors (Lipinski definition) is 7. The van der Waals surface area contributed by atoms with E-state index in [1.807, 2.05) is 43.4 Å². The monoisotopic (exact) mass is 606 g/mol. The van der Waals surface area contributed by atoms with Gasteiger partial charge in [-0.1, -0.05) is 50.3 Å². The van der Waals surface area contributed by atoms with Gasteiger partial charge in [0.1, 0.15) is 34.3 Å². The molecule has 45 heavy (non-hydrogen) atoms. The Morgan fingerprint density at radius 3 is 2.11 bits per heavy atom. The van der Waals surface area contributed by atoms with Crippen LogP contribution in [0.2, 0.25) is 0 Å². The molecule has 4 aromatic rings. The van der Waals surface area contributed by atoms with Crippen molar-refractivity contribution in [3.63, 3.8) is 0 Å². The van der Waals surface area contributed by atoms with Crippen molar-refractivity contribution in [2.45, 2.75) is 45.1 Å². The van der Waals surface area contributed by atoms with Gasteiger partial charge in [0.05, 0.1) is 0 Å². The molecular formula is C38H38O7. The number of aromatic hydroxyl groups is 6.